The van der Waals surface area contributed by atoms with E-state index in [1.807, 2.05) is 30.5 Å². The van der Waals surface area contributed by atoms with Gasteiger partial charge in [0, 0.05) is 17.1 Å². The Kier molecular flexibility index (Phi) is 3.87. The third kappa shape index (κ3) is 3.07. The van der Waals surface area contributed by atoms with Crippen molar-refractivity contribution in [3.8, 4) is 17.4 Å². The molecule has 128 valence electrons. The number of nitrogens with one attached hydrogen (secondary N) is 1. The fourth-order valence-corrected chi connectivity index (χ4v) is 2.54. The Morgan fingerprint density at radius 2 is 2.20 bits per heavy atom. The summed E-state index contributed by atoms with van der Waals surface area (Å²) in [5, 5.41) is 15.1. The van der Waals surface area contributed by atoms with Crippen LogP contribution in [0.2, 0.25) is 0 Å². The molecule has 3 aromatic heterocycles. The minimum atomic E-state index is -0.929. The third-order valence-electron chi connectivity index (χ3n) is 3.71. The zero-order valence-electron chi connectivity index (χ0n) is 13.1. The van der Waals surface area contributed by atoms with Gasteiger partial charge in [0.2, 0.25) is 0 Å². The van der Waals surface area contributed by atoms with Crippen molar-refractivity contribution in [3.05, 3.63) is 59.4 Å². The number of nitrogens with zero attached hydrogens (tertiary/aromatic N) is 2. The van der Waals surface area contributed by atoms with Gasteiger partial charge in [0.1, 0.15) is 18.5 Å². The number of rotatable bonds is 6. The molecule has 0 aliphatic rings. The maximum absolute atomic E-state index is 11.8. The lowest BCUT2D eigenvalue weighted by molar-refractivity contribution is 0.0882. The number of aliphatic hydroxyl groups excluding tert-OH is 1. The Bertz CT molecular complexity index is 1030. The Balaban J connectivity index is 1.43. The number of benzene rings is 1. The summed E-state index contributed by atoms with van der Waals surface area (Å²) in [4.78, 5) is 14.9. The molecule has 0 radical (unpaired) electrons. The number of fused-ring (bicyclic) bond motifs is 1. The van der Waals surface area contributed by atoms with Gasteiger partial charge in [-0.1, -0.05) is 6.07 Å². The fraction of sp³-hybridized carbons (Fsp3) is 0.176. The summed E-state index contributed by atoms with van der Waals surface area (Å²) in [5.41, 5.74) is 0.947. The first-order valence-corrected chi connectivity index (χ1v) is 7.69. The minimum absolute atomic E-state index is 0.0136. The van der Waals surface area contributed by atoms with Gasteiger partial charge in [-0.3, -0.25) is 0 Å². The molecular formula is C17H15N3O5. The molecule has 1 aromatic carbocycles. The normalized spacial score (nSPS) is 12.5. The molecule has 1 unspecified atom stereocenters. The largest absolute Gasteiger partial charge is 0.490 e. The average Bonchev–Trinajstić information content (AvgIpc) is 3.34. The number of ether oxygens (including phenoxy) is 1. The lowest BCUT2D eigenvalue weighted by atomic mass is 10.2. The van der Waals surface area contributed by atoms with Crippen LogP contribution >= 0.6 is 0 Å². The Morgan fingerprint density at radius 3 is 3.04 bits per heavy atom. The first-order chi connectivity index (χ1) is 12.2. The molecule has 1 atom stereocenters. The van der Waals surface area contributed by atoms with E-state index >= 15 is 0 Å². The molecule has 4 rings (SSSR count). The van der Waals surface area contributed by atoms with Gasteiger partial charge >= 0.3 is 5.76 Å². The monoisotopic (exact) mass is 341 g/mol. The maximum Gasteiger partial charge on any atom is 0.437 e. The summed E-state index contributed by atoms with van der Waals surface area (Å²) in [6.45, 7) is -0.0359. The summed E-state index contributed by atoms with van der Waals surface area (Å²) in [7, 11) is 0. The van der Waals surface area contributed by atoms with Gasteiger partial charge in [0.25, 0.3) is 5.89 Å². The summed E-state index contributed by atoms with van der Waals surface area (Å²) in [6, 6.07) is 10.8. The first-order valence-electron chi connectivity index (χ1n) is 7.69. The molecule has 2 N–H and O–H groups in total. The molecule has 25 heavy (non-hydrogen) atoms. The number of hydrogen-bond donors (Lipinski definition) is 2. The molecule has 4 aromatic rings. The number of aromatic amines is 1. The van der Waals surface area contributed by atoms with Crippen LogP contribution in [0.25, 0.3) is 22.6 Å². The summed E-state index contributed by atoms with van der Waals surface area (Å²) < 4.78 is 16.9. The van der Waals surface area contributed by atoms with Crippen LogP contribution in [0.1, 0.15) is 0 Å². The van der Waals surface area contributed by atoms with E-state index in [0.717, 1.165) is 15.6 Å². The fourth-order valence-electron chi connectivity index (χ4n) is 2.54. The van der Waals surface area contributed by atoms with E-state index in [2.05, 4.69) is 10.1 Å². The van der Waals surface area contributed by atoms with Crippen LogP contribution in [0.15, 0.2) is 62.5 Å². The molecule has 0 aliphatic carbocycles. The van der Waals surface area contributed by atoms with Gasteiger partial charge in [0.05, 0.1) is 12.8 Å². The highest BCUT2D eigenvalue weighted by atomic mass is 16.5. The highest BCUT2D eigenvalue weighted by Gasteiger charge is 2.16. The van der Waals surface area contributed by atoms with Crippen LogP contribution in [-0.2, 0) is 6.54 Å². The number of hydrogen-bond acceptors (Lipinski definition) is 6. The summed E-state index contributed by atoms with van der Waals surface area (Å²) in [5.74, 6) is 0.403. The molecule has 0 bridgehead atoms. The van der Waals surface area contributed by atoms with E-state index in [1.165, 1.54) is 6.26 Å². The zero-order chi connectivity index (χ0) is 17.2. The van der Waals surface area contributed by atoms with Crippen molar-refractivity contribution in [2.24, 2.45) is 0 Å². The Hall–Kier alpha value is -3.26. The second-order valence-corrected chi connectivity index (χ2v) is 5.49. The van der Waals surface area contributed by atoms with Gasteiger partial charge in [-0.25, -0.2) is 4.79 Å². The van der Waals surface area contributed by atoms with Gasteiger partial charge < -0.3 is 23.7 Å². The number of H-pyrrole nitrogens is 1. The lowest BCUT2D eigenvalue weighted by Gasteiger charge is -2.12. The van der Waals surface area contributed by atoms with Crippen molar-refractivity contribution in [2.45, 2.75) is 12.6 Å². The summed E-state index contributed by atoms with van der Waals surface area (Å²) in [6.07, 6.45) is 2.35. The van der Waals surface area contributed by atoms with E-state index in [-0.39, 0.29) is 19.0 Å². The molecule has 3 heterocycles. The van der Waals surface area contributed by atoms with Crippen LogP contribution < -0.4 is 10.5 Å². The third-order valence-corrected chi connectivity index (χ3v) is 3.71. The predicted molar refractivity (Wildman–Crippen MR) is 88.3 cm³/mol. The van der Waals surface area contributed by atoms with Crippen LogP contribution in [-0.4, -0.2) is 32.6 Å². The molecule has 0 spiro atoms. The molecule has 0 fully saturated rings. The van der Waals surface area contributed by atoms with Crippen LogP contribution in [0.4, 0.5) is 0 Å². The van der Waals surface area contributed by atoms with Crippen molar-refractivity contribution in [2.75, 3.05) is 6.61 Å². The molecule has 0 amide bonds. The SMILES string of the molecule is O=c1oc(-c2ccco2)nn1CC(O)COc1cccc2[nH]ccc12. The van der Waals surface area contributed by atoms with E-state index in [1.54, 1.807) is 12.1 Å². The molecule has 0 saturated carbocycles. The molecule has 0 saturated heterocycles. The quantitative estimate of drug-likeness (QED) is 0.556. The van der Waals surface area contributed by atoms with Gasteiger partial charge in [0.15, 0.2) is 5.76 Å². The van der Waals surface area contributed by atoms with Crippen molar-refractivity contribution >= 4 is 10.9 Å². The van der Waals surface area contributed by atoms with Crippen molar-refractivity contribution in [3.63, 3.8) is 0 Å². The van der Waals surface area contributed by atoms with Crippen LogP contribution in [0.3, 0.4) is 0 Å². The Labute approximate surface area is 141 Å². The van der Waals surface area contributed by atoms with E-state index in [9.17, 15) is 9.90 Å². The van der Waals surface area contributed by atoms with Gasteiger partial charge in [-0.15, -0.1) is 5.10 Å². The maximum atomic E-state index is 11.8. The lowest BCUT2D eigenvalue weighted by Crippen LogP contribution is -2.29. The average molecular weight is 341 g/mol. The van der Waals surface area contributed by atoms with E-state index in [0.29, 0.717) is 11.5 Å². The van der Waals surface area contributed by atoms with Crippen molar-refractivity contribution < 1.29 is 18.7 Å². The second-order valence-electron chi connectivity index (χ2n) is 5.49. The second kappa shape index (κ2) is 6.33. The van der Waals surface area contributed by atoms with Crippen LogP contribution in [0, 0.1) is 0 Å². The van der Waals surface area contributed by atoms with Gasteiger partial charge in [-0.05, 0) is 30.3 Å². The molecular weight excluding hydrogens is 326 g/mol. The number of furan rings is 1. The highest BCUT2D eigenvalue weighted by molar-refractivity contribution is 5.85. The zero-order valence-corrected chi connectivity index (χ0v) is 13.1. The number of aromatic nitrogens is 3. The van der Waals surface area contributed by atoms with Crippen LogP contribution in [0.5, 0.6) is 5.75 Å². The van der Waals surface area contributed by atoms with E-state index in [4.69, 9.17) is 13.6 Å². The smallest absolute Gasteiger partial charge is 0.437 e. The molecule has 0 aliphatic heterocycles. The number of aliphatic hydroxyl groups is 1. The minimum Gasteiger partial charge on any atom is -0.490 e. The summed E-state index contributed by atoms with van der Waals surface area (Å²) >= 11 is 0. The predicted octanol–water partition coefficient (Wildman–Crippen LogP) is 2.02. The Morgan fingerprint density at radius 1 is 1.28 bits per heavy atom. The van der Waals surface area contributed by atoms with Gasteiger partial charge in [-0.2, -0.15) is 4.68 Å². The standard InChI is InChI=1S/C17H15N3O5/c21-11(10-24-14-4-1-3-13-12(14)6-7-18-13)9-20-17(22)25-16(19-20)15-5-2-8-23-15/h1-8,11,18,21H,9-10H2. The first kappa shape index (κ1) is 15.3. The highest BCUT2D eigenvalue weighted by Crippen LogP contribution is 2.24. The van der Waals surface area contributed by atoms with E-state index < -0.39 is 11.9 Å². The van der Waals surface area contributed by atoms with Crippen molar-refractivity contribution in [1.82, 2.24) is 14.8 Å². The topological polar surface area (TPSA) is 106 Å². The molecule has 8 nitrogen and oxygen atoms in total. The molecule has 8 heteroatoms. The van der Waals surface area contributed by atoms with Crippen molar-refractivity contribution in [1.29, 1.82) is 0 Å².